The summed E-state index contributed by atoms with van der Waals surface area (Å²) in [6.07, 6.45) is 3.27. The predicted octanol–water partition coefficient (Wildman–Crippen LogP) is 4.60. The van der Waals surface area contributed by atoms with E-state index in [9.17, 15) is 4.79 Å². The maximum absolute atomic E-state index is 12.8. The second-order valence-corrected chi connectivity index (χ2v) is 9.55. The zero-order chi connectivity index (χ0) is 22.8. The second-order valence-electron chi connectivity index (χ2n) is 9.55. The Hall–Kier alpha value is -2.57. The van der Waals surface area contributed by atoms with Crippen molar-refractivity contribution >= 4 is 13.0 Å². The van der Waals surface area contributed by atoms with Gasteiger partial charge in [0.15, 0.2) is 0 Å². The van der Waals surface area contributed by atoms with Crippen LogP contribution < -0.4 is 4.74 Å². The monoisotopic (exact) mass is 433 g/mol. The Morgan fingerprint density at radius 3 is 2.19 bits per heavy atom. The molecular formula is C26H32BNO4. The first-order valence-electron chi connectivity index (χ1n) is 11.3. The van der Waals surface area contributed by atoms with Crippen molar-refractivity contribution in [2.24, 2.45) is 0 Å². The van der Waals surface area contributed by atoms with Gasteiger partial charge in [0.05, 0.1) is 17.6 Å². The number of carbonyl (C=O) groups is 1. The highest BCUT2D eigenvalue weighted by atomic mass is 16.7. The fourth-order valence-electron chi connectivity index (χ4n) is 3.84. The lowest BCUT2D eigenvalue weighted by molar-refractivity contribution is -0.130. The summed E-state index contributed by atoms with van der Waals surface area (Å²) in [5, 5.41) is 0. The van der Waals surface area contributed by atoms with Crippen molar-refractivity contribution in [3.05, 3.63) is 77.3 Å². The highest BCUT2D eigenvalue weighted by Crippen LogP contribution is 2.39. The summed E-state index contributed by atoms with van der Waals surface area (Å²) in [4.78, 5) is 14.7. The summed E-state index contributed by atoms with van der Waals surface area (Å²) in [6.45, 7) is 10.0. The van der Waals surface area contributed by atoms with Crippen LogP contribution in [0, 0.1) is 0 Å². The molecule has 168 valence electrons. The normalized spacial score (nSPS) is 19.6. The molecule has 5 nitrogen and oxygen atoms in total. The molecule has 0 radical (unpaired) electrons. The van der Waals surface area contributed by atoms with Gasteiger partial charge in [-0.2, -0.15) is 0 Å². The maximum Gasteiger partial charge on any atom is 0.490 e. The summed E-state index contributed by atoms with van der Waals surface area (Å²) in [5.41, 5.74) is 2.54. The molecule has 0 saturated carbocycles. The Labute approximate surface area is 191 Å². The summed E-state index contributed by atoms with van der Waals surface area (Å²) < 4.78 is 18.1. The SMILES string of the molecule is CC1(C)OB(C2=CCN(C(=O)Cc3ccc(COc4ccccc4)cc3)CC2)OC1(C)C. The third-order valence-electron chi connectivity index (χ3n) is 6.68. The van der Waals surface area contributed by atoms with Crippen molar-refractivity contribution in [1.29, 1.82) is 0 Å². The van der Waals surface area contributed by atoms with E-state index < -0.39 is 0 Å². The third-order valence-corrected chi connectivity index (χ3v) is 6.68. The third kappa shape index (κ3) is 5.08. The van der Waals surface area contributed by atoms with Gasteiger partial charge in [-0.3, -0.25) is 4.79 Å². The number of nitrogens with zero attached hydrogens (tertiary/aromatic N) is 1. The average Bonchev–Trinajstić information content (AvgIpc) is 3.01. The molecule has 2 aliphatic heterocycles. The van der Waals surface area contributed by atoms with Crippen LogP contribution in [-0.2, 0) is 27.1 Å². The number of amides is 1. The van der Waals surface area contributed by atoms with Crippen LogP contribution in [0.1, 0.15) is 45.2 Å². The van der Waals surface area contributed by atoms with Crippen LogP contribution in [-0.4, -0.2) is 42.2 Å². The van der Waals surface area contributed by atoms with Gasteiger partial charge >= 0.3 is 7.12 Å². The first kappa shape index (κ1) is 22.6. The Morgan fingerprint density at radius 1 is 0.969 bits per heavy atom. The molecule has 0 aliphatic carbocycles. The zero-order valence-corrected chi connectivity index (χ0v) is 19.5. The van der Waals surface area contributed by atoms with E-state index in [0.29, 0.717) is 26.1 Å². The second kappa shape index (κ2) is 9.12. The van der Waals surface area contributed by atoms with Gasteiger partial charge in [-0.1, -0.05) is 48.5 Å². The quantitative estimate of drug-likeness (QED) is 0.625. The maximum atomic E-state index is 12.8. The molecule has 0 N–H and O–H groups in total. The number of benzene rings is 2. The zero-order valence-electron chi connectivity index (χ0n) is 19.5. The van der Waals surface area contributed by atoms with Gasteiger partial charge in [0.2, 0.25) is 5.91 Å². The number of hydrogen-bond donors (Lipinski definition) is 0. The summed E-state index contributed by atoms with van der Waals surface area (Å²) in [5.74, 6) is 0.993. The molecule has 32 heavy (non-hydrogen) atoms. The van der Waals surface area contributed by atoms with Crippen molar-refractivity contribution < 1.29 is 18.8 Å². The molecule has 0 aromatic heterocycles. The van der Waals surface area contributed by atoms with Crippen molar-refractivity contribution in [2.75, 3.05) is 13.1 Å². The van der Waals surface area contributed by atoms with Crippen molar-refractivity contribution in [3.63, 3.8) is 0 Å². The number of hydrogen-bond acceptors (Lipinski definition) is 4. The smallest absolute Gasteiger partial charge is 0.489 e. The Balaban J connectivity index is 1.28. The molecule has 2 aliphatic rings. The van der Waals surface area contributed by atoms with Crippen LogP contribution in [0.3, 0.4) is 0 Å². The minimum absolute atomic E-state index is 0.141. The van der Waals surface area contributed by atoms with Crippen molar-refractivity contribution in [3.8, 4) is 5.75 Å². The van der Waals surface area contributed by atoms with Gasteiger partial charge < -0.3 is 18.9 Å². The first-order chi connectivity index (χ1) is 15.2. The van der Waals surface area contributed by atoms with Crippen LogP contribution in [0.15, 0.2) is 66.1 Å². The molecule has 0 atom stereocenters. The summed E-state index contributed by atoms with van der Waals surface area (Å²) in [7, 11) is -0.317. The molecule has 6 heteroatoms. The fraction of sp³-hybridized carbons (Fsp3) is 0.423. The molecule has 0 bridgehead atoms. The molecule has 2 heterocycles. The number of ether oxygens (including phenoxy) is 1. The van der Waals surface area contributed by atoms with Gasteiger partial charge in [-0.15, -0.1) is 0 Å². The van der Waals surface area contributed by atoms with E-state index in [2.05, 4.69) is 33.8 Å². The van der Waals surface area contributed by atoms with Crippen LogP contribution in [0.2, 0.25) is 0 Å². The Morgan fingerprint density at radius 2 is 1.59 bits per heavy atom. The van der Waals surface area contributed by atoms with Gasteiger partial charge in [-0.05, 0) is 62.8 Å². The molecule has 1 fully saturated rings. The highest BCUT2D eigenvalue weighted by Gasteiger charge is 2.52. The van der Waals surface area contributed by atoms with Crippen molar-refractivity contribution in [1.82, 2.24) is 4.90 Å². The first-order valence-corrected chi connectivity index (χ1v) is 11.3. The molecular weight excluding hydrogens is 401 g/mol. The fourth-order valence-corrected chi connectivity index (χ4v) is 3.84. The lowest BCUT2D eigenvalue weighted by Gasteiger charge is -2.32. The molecule has 2 aromatic rings. The van der Waals surface area contributed by atoms with E-state index in [-0.39, 0.29) is 24.2 Å². The largest absolute Gasteiger partial charge is 0.490 e. The molecule has 4 rings (SSSR count). The highest BCUT2D eigenvalue weighted by molar-refractivity contribution is 6.54. The molecule has 0 spiro atoms. The van der Waals surface area contributed by atoms with Crippen LogP contribution in [0.4, 0.5) is 0 Å². The molecule has 0 unspecified atom stereocenters. The van der Waals surface area contributed by atoms with E-state index in [0.717, 1.165) is 28.8 Å². The lowest BCUT2D eigenvalue weighted by Crippen LogP contribution is -2.41. The van der Waals surface area contributed by atoms with Gasteiger partial charge in [0, 0.05) is 13.1 Å². The molecule has 1 saturated heterocycles. The minimum atomic E-state index is -0.343. The summed E-state index contributed by atoms with van der Waals surface area (Å²) in [6, 6.07) is 17.8. The molecule has 2 aromatic carbocycles. The van der Waals surface area contributed by atoms with E-state index in [1.807, 2.05) is 59.5 Å². The van der Waals surface area contributed by atoms with Gasteiger partial charge in [0.1, 0.15) is 12.4 Å². The number of para-hydroxylation sites is 1. The number of rotatable bonds is 6. The van der Waals surface area contributed by atoms with Crippen molar-refractivity contribution in [2.45, 2.75) is 58.3 Å². The standard InChI is InChI=1S/C26H32BNO4/c1-25(2)26(3,4)32-27(31-25)22-14-16-28(17-15-22)24(29)18-20-10-12-21(13-11-20)19-30-23-8-6-5-7-9-23/h5-14H,15-19H2,1-4H3. The topological polar surface area (TPSA) is 48.0 Å². The van der Waals surface area contributed by atoms with Gasteiger partial charge in [-0.25, -0.2) is 0 Å². The van der Waals surface area contributed by atoms with Crippen LogP contribution in [0.5, 0.6) is 5.75 Å². The summed E-state index contributed by atoms with van der Waals surface area (Å²) >= 11 is 0. The Kier molecular flexibility index (Phi) is 6.45. The predicted molar refractivity (Wildman–Crippen MR) is 126 cm³/mol. The minimum Gasteiger partial charge on any atom is -0.489 e. The molecule has 1 amide bonds. The van der Waals surface area contributed by atoms with E-state index >= 15 is 0 Å². The van der Waals surface area contributed by atoms with E-state index in [1.165, 1.54) is 0 Å². The number of carbonyl (C=O) groups excluding carboxylic acids is 1. The Bertz CT molecular complexity index is 953. The van der Waals surface area contributed by atoms with Gasteiger partial charge in [0.25, 0.3) is 0 Å². The van der Waals surface area contributed by atoms with E-state index in [1.54, 1.807) is 0 Å². The average molecular weight is 433 g/mol. The van der Waals surface area contributed by atoms with Crippen LogP contribution >= 0.6 is 0 Å². The lowest BCUT2D eigenvalue weighted by atomic mass is 9.74. The van der Waals surface area contributed by atoms with Crippen LogP contribution in [0.25, 0.3) is 0 Å². The van der Waals surface area contributed by atoms with E-state index in [4.69, 9.17) is 14.0 Å².